The molecule has 2 rings (SSSR count). The van der Waals surface area contributed by atoms with Crippen LogP contribution < -0.4 is 0 Å². The summed E-state index contributed by atoms with van der Waals surface area (Å²) in [4.78, 5) is 1.33. The third kappa shape index (κ3) is 4.56. The van der Waals surface area contributed by atoms with E-state index < -0.39 is 0 Å². The third-order valence-electron chi connectivity index (χ3n) is 2.19. The quantitative estimate of drug-likeness (QED) is 0.734. The molecule has 1 fully saturated rings. The van der Waals surface area contributed by atoms with Crippen LogP contribution in [0.1, 0.15) is 19.4 Å². The SMILES string of the molecule is CC.Cc1cccc(SN2CCOCC2)c1. The van der Waals surface area contributed by atoms with Gasteiger partial charge in [0.2, 0.25) is 0 Å². The van der Waals surface area contributed by atoms with Crippen molar-refractivity contribution in [3.63, 3.8) is 0 Å². The lowest BCUT2D eigenvalue weighted by Gasteiger charge is -2.25. The first-order valence-electron chi connectivity index (χ1n) is 5.92. The second-order valence-electron chi connectivity index (χ2n) is 3.45. The lowest BCUT2D eigenvalue weighted by atomic mass is 10.2. The predicted octanol–water partition coefficient (Wildman–Crippen LogP) is 3.36. The van der Waals surface area contributed by atoms with Gasteiger partial charge in [-0.05, 0) is 36.6 Å². The van der Waals surface area contributed by atoms with E-state index in [2.05, 4.69) is 35.5 Å². The number of aryl methyl sites for hydroxylation is 1. The fourth-order valence-corrected chi connectivity index (χ4v) is 2.47. The van der Waals surface area contributed by atoms with Gasteiger partial charge in [-0.2, -0.15) is 0 Å². The zero-order chi connectivity index (χ0) is 11.8. The van der Waals surface area contributed by atoms with E-state index in [4.69, 9.17) is 4.74 Å². The molecule has 16 heavy (non-hydrogen) atoms. The summed E-state index contributed by atoms with van der Waals surface area (Å²) in [7, 11) is 0. The molecule has 0 unspecified atom stereocenters. The highest BCUT2D eigenvalue weighted by molar-refractivity contribution is 7.97. The molecule has 3 heteroatoms. The molecule has 90 valence electrons. The van der Waals surface area contributed by atoms with Gasteiger partial charge in [0.1, 0.15) is 0 Å². The lowest BCUT2D eigenvalue weighted by Crippen LogP contribution is -2.30. The Bertz CT molecular complexity index is 298. The van der Waals surface area contributed by atoms with E-state index in [-0.39, 0.29) is 0 Å². The molecule has 1 aromatic rings. The zero-order valence-electron chi connectivity index (χ0n) is 10.4. The fraction of sp³-hybridized carbons (Fsp3) is 0.538. The molecule has 0 spiro atoms. The summed E-state index contributed by atoms with van der Waals surface area (Å²) in [5, 5.41) is 0. The van der Waals surface area contributed by atoms with Crippen LogP contribution in [0.4, 0.5) is 0 Å². The summed E-state index contributed by atoms with van der Waals surface area (Å²) in [5.74, 6) is 0. The van der Waals surface area contributed by atoms with Crippen molar-refractivity contribution in [2.45, 2.75) is 25.7 Å². The Morgan fingerprint density at radius 3 is 2.50 bits per heavy atom. The van der Waals surface area contributed by atoms with E-state index in [0.717, 1.165) is 26.3 Å². The van der Waals surface area contributed by atoms with Gasteiger partial charge in [-0.1, -0.05) is 26.0 Å². The Morgan fingerprint density at radius 1 is 1.19 bits per heavy atom. The number of nitrogens with zero attached hydrogens (tertiary/aromatic N) is 1. The molecule has 0 saturated carbocycles. The standard InChI is InChI=1S/C11H15NOS.C2H6/c1-10-3-2-4-11(9-10)14-12-5-7-13-8-6-12;1-2/h2-4,9H,5-8H2,1H3;1-2H3. The average molecular weight is 239 g/mol. The first-order valence-corrected chi connectivity index (χ1v) is 6.69. The highest BCUT2D eigenvalue weighted by atomic mass is 32.2. The van der Waals surface area contributed by atoms with Gasteiger partial charge in [-0.25, -0.2) is 4.31 Å². The largest absolute Gasteiger partial charge is 0.379 e. The second kappa shape index (κ2) is 7.71. The van der Waals surface area contributed by atoms with Crippen LogP contribution in [-0.4, -0.2) is 30.6 Å². The van der Waals surface area contributed by atoms with Gasteiger partial charge in [0.15, 0.2) is 0 Å². The molecule has 2 nitrogen and oxygen atoms in total. The van der Waals surface area contributed by atoms with E-state index in [9.17, 15) is 0 Å². The van der Waals surface area contributed by atoms with Gasteiger partial charge in [0.25, 0.3) is 0 Å². The van der Waals surface area contributed by atoms with E-state index >= 15 is 0 Å². The molecule has 1 heterocycles. The van der Waals surface area contributed by atoms with Crippen molar-refractivity contribution in [1.29, 1.82) is 0 Å². The lowest BCUT2D eigenvalue weighted by molar-refractivity contribution is 0.0773. The van der Waals surface area contributed by atoms with Crippen molar-refractivity contribution < 1.29 is 4.74 Å². The summed E-state index contributed by atoms with van der Waals surface area (Å²) < 4.78 is 7.67. The predicted molar refractivity (Wildman–Crippen MR) is 70.8 cm³/mol. The number of benzene rings is 1. The van der Waals surface area contributed by atoms with Gasteiger partial charge in [-0.3, -0.25) is 0 Å². The van der Waals surface area contributed by atoms with E-state index in [1.165, 1.54) is 10.5 Å². The molecule has 0 radical (unpaired) electrons. The van der Waals surface area contributed by atoms with Crippen molar-refractivity contribution in [2.75, 3.05) is 26.3 Å². The average Bonchev–Trinajstić information content (AvgIpc) is 2.33. The van der Waals surface area contributed by atoms with E-state index in [0.29, 0.717) is 0 Å². The number of morpholine rings is 1. The van der Waals surface area contributed by atoms with E-state index in [1.54, 1.807) is 0 Å². The molecule has 0 aromatic heterocycles. The highest BCUT2D eigenvalue weighted by Crippen LogP contribution is 2.23. The van der Waals surface area contributed by atoms with Crippen LogP contribution in [-0.2, 0) is 4.74 Å². The first kappa shape index (κ1) is 13.6. The molecule has 1 aliphatic heterocycles. The Hall–Kier alpha value is -0.510. The third-order valence-corrected chi connectivity index (χ3v) is 3.28. The molecular formula is C13H21NOS. The van der Waals surface area contributed by atoms with Crippen LogP contribution in [0.5, 0.6) is 0 Å². The number of hydrogen-bond acceptors (Lipinski definition) is 3. The molecule has 1 aliphatic rings. The fourth-order valence-electron chi connectivity index (χ4n) is 1.46. The molecule has 0 aliphatic carbocycles. The minimum Gasteiger partial charge on any atom is -0.379 e. The van der Waals surface area contributed by atoms with Gasteiger partial charge >= 0.3 is 0 Å². The second-order valence-corrected chi connectivity index (χ2v) is 4.62. The van der Waals surface area contributed by atoms with Crippen molar-refractivity contribution in [1.82, 2.24) is 4.31 Å². The monoisotopic (exact) mass is 239 g/mol. The number of hydrogen-bond donors (Lipinski definition) is 0. The number of rotatable bonds is 2. The van der Waals surface area contributed by atoms with Crippen molar-refractivity contribution >= 4 is 11.9 Å². The van der Waals surface area contributed by atoms with Crippen molar-refractivity contribution in [2.24, 2.45) is 0 Å². The Balaban J connectivity index is 0.000000606. The van der Waals surface area contributed by atoms with E-state index in [1.807, 2.05) is 25.8 Å². The van der Waals surface area contributed by atoms with Crippen LogP contribution in [0.25, 0.3) is 0 Å². The smallest absolute Gasteiger partial charge is 0.0603 e. The van der Waals surface area contributed by atoms with Crippen LogP contribution in [0, 0.1) is 6.92 Å². The van der Waals surface area contributed by atoms with Gasteiger partial charge in [0, 0.05) is 18.0 Å². The summed E-state index contributed by atoms with van der Waals surface area (Å²) in [6.45, 7) is 9.90. The topological polar surface area (TPSA) is 12.5 Å². The Labute approximate surface area is 103 Å². The maximum atomic E-state index is 5.31. The van der Waals surface area contributed by atoms with Crippen LogP contribution in [0.15, 0.2) is 29.2 Å². The highest BCUT2D eigenvalue weighted by Gasteiger charge is 2.11. The summed E-state index contributed by atoms with van der Waals surface area (Å²) in [5.41, 5.74) is 1.32. The minimum absolute atomic E-state index is 0.860. The maximum absolute atomic E-state index is 5.31. The normalized spacial score (nSPS) is 16.4. The Kier molecular flexibility index (Phi) is 6.53. The van der Waals surface area contributed by atoms with Crippen LogP contribution in [0.3, 0.4) is 0 Å². The first-order chi connectivity index (χ1) is 7.84. The number of ether oxygens (including phenoxy) is 1. The molecule has 0 N–H and O–H groups in total. The van der Waals surface area contributed by atoms with Crippen LogP contribution >= 0.6 is 11.9 Å². The summed E-state index contributed by atoms with van der Waals surface area (Å²) in [6.07, 6.45) is 0. The summed E-state index contributed by atoms with van der Waals surface area (Å²) >= 11 is 1.83. The molecule has 1 aromatic carbocycles. The molecule has 1 saturated heterocycles. The van der Waals surface area contributed by atoms with Gasteiger partial charge in [-0.15, -0.1) is 0 Å². The Morgan fingerprint density at radius 2 is 1.88 bits per heavy atom. The van der Waals surface area contributed by atoms with Crippen molar-refractivity contribution in [3.05, 3.63) is 29.8 Å². The molecular weight excluding hydrogens is 218 g/mol. The zero-order valence-corrected chi connectivity index (χ0v) is 11.2. The molecule has 0 atom stereocenters. The van der Waals surface area contributed by atoms with Crippen LogP contribution in [0.2, 0.25) is 0 Å². The molecule has 0 amide bonds. The van der Waals surface area contributed by atoms with Gasteiger partial charge in [0.05, 0.1) is 13.2 Å². The van der Waals surface area contributed by atoms with Crippen molar-refractivity contribution in [3.8, 4) is 0 Å². The molecule has 0 bridgehead atoms. The minimum atomic E-state index is 0.860. The summed E-state index contributed by atoms with van der Waals surface area (Å²) in [6, 6.07) is 8.62. The van der Waals surface area contributed by atoms with Gasteiger partial charge < -0.3 is 4.74 Å². The maximum Gasteiger partial charge on any atom is 0.0603 e.